The third-order valence-corrected chi connectivity index (χ3v) is 3.04. The highest BCUT2D eigenvalue weighted by atomic mass is 35.5. The van der Waals surface area contributed by atoms with E-state index in [1.807, 2.05) is 0 Å². The highest BCUT2D eigenvalue weighted by Crippen LogP contribution is 2.52. The van der Waals surface area contributed by atoms with Gasteiger partial charge in [0.1, 0.15) is 0 Å². The van der Waals surface area contributed by atoms with Gasteiger partial charge in [0.15, 0.2) is 0 Å². The van der Waals surface area contributed by atoms with Crippen molar-refractivity contribution >= 4 is 28.6 Å². The molecule has 0 aliphatic heterocycles. The van der Waals surface area contributed by atoms with E-state index in [2.05, 4.69) is 11.6 Å². The van der Waals surface area contributed by atoms with E-state index in [-0.39, 0.29) is 0 Å². The van der Waals surface area contributed by atoms with E-state index in [1.165, 1.54) is 0 Å². The summed E-state index contributed by atoms with van der Waals surface area (Å²) >= 11 is 3.68. The van der Waals surface area contributed by atoms with Crippen LogP contribution >= 0.6 is 23.4 Å². The van der Waals surface area contributed by atoms with Gasteiger partial charge in [-0.05, 0) is 17.9 Å². The molecule has 14 heavy (non-hydrogen) atoms. The molecule has 0 aromatic heterocycles. The van der Waals surface area contributed by atoms with Crippen molar-refractivity contribution in [1.29, 1.82) is 0 Å². The second-order valence-electron chi connectivity index (χ2n) is 2.15. The maximum absolute atomic E-state index is 12.1. The molecule has 0 bridgehead atoms. The van der Waals surface area contributed by atoms with Crippen LogP contribution in [0.3, 0.4) is 0 Å². The van der Waals surface area contributed by atoms with Crippen LogP contribution < -0.4 is 0 Å². The number of hydrogen-bond acceptors (Lipinski definition) is 2. The Morgan fingerprint density at radius 1 is 1.07 bits per heavy atom. The minimum Gasteiger partial charge on any atom is -0.279 e. The van der Waals surface area contributed by atoms with Crippen LogP contribution in [0, 0.1) is 0 Å². The zero-order chi connectivity index (χ0) is 11.8. The summed E-state index contributed by atoms with van der Waals surface area (Å²) in [6, 6.07) is 0. The summed E-state index contributed by atoms with van der Waals surface area (Å²) in [5.74, 6) is 0. The van der Waals surface area contributed by atoms with E-state index in [9.17, 15) is 31.1 Å². The summed E-state index contributed by atoms with van der Waals surface area (Å²) in [4.78, 5) is 10.3. The van der Waals surface area contributed by atoms with Gasteiger partial charge in [0.2, 0.25) is 0 Å². The molecule has 0 radical (unpaired) electrons. The Morgan fingerprint density at radius 2 is 1.36 bits per heavy atom. The highest BCUT2D eigenvalue weighted by molar-refractivity contribution is 8.01. The minimum absolute atomic E-state index is 0.515. The van der Waals surface area contributed by atoms with Crippen LogP contribution in [0.1, 0.15) is 0 Å². The van der Waals surface area contributed by atoms with Gasteiger partial charge in [0.25, 0.3) is 9.99 Å². The molecule has 0 saturated heterocycles. The molecule has 84 valence electrons. The first-order valence-corrected chi connectivity index (χ1v) is 4.49. The molecule has 0 rings (SSSR count). The average molecular weight is 261 g/mol. The van der Waals surface area contributed by atoms with Crippen molar-refractivity contribution in [3.05, 3.63) is 0 Å². The van der Waals surface area contributed by atoms with Gasteiger partial charge in [-0.25, -0.2) is 0 Å². The minimum atomic E-state index is -5.77. The first kappa shape index (κ1) is 13.9. The summed E-state index contributed by atoms with van der Waals surface area (Å²) in [6.45, 7) is 0. The molecule has 0 aromatic rings. The van der Waals surface area contributed by atoms with Crippen LogP contribution in [0.25, 0.3) is 0 Å². The third-order valence-electron chi connectivity index (χ3n) is 1.38. The molecular weight excluding hydrogens is 258 g/mol. The van der Waals surface area contributed by atoms with Crippen LogP contribution in [0.2, 0.25) is 0 Å². The molecular formula is C5H3ClF6OS. The van der Waals surface area contributed by atoms with Gasteiger partial charge in [-0.15, -0.1) is 11.8 Å². The summed E-state index contributed by atoms with van der Waals surface area (Å²) in [5.41, 5.74) is 0. The van der Waals surface area contributed by atoms with Gasteiger partial charge in [-0.2, -0.15) is 26.3 Å². The van der Waals surface area contributed by atoms with Crippen molar-refractivity contribution in [1.82, 2.24) is 0 Å². The Morgan fingerprint density at radius 3 is 1.36 bits per heavy atom. The van der Waals surface area contributed by atoms with Crippen molar-refractivity contribution < 1.29 is 31.1 Å². The zero-order valence-electron chi connectivity index (χ0n) is 6.46. The van der Waals surface area contributed by atoms with Crippen LogP contribution in [-0.2, 0) is 4.79 Å². The molecule has 0 aromatic carbocycles. The fourth-order valence-electron chi connectivity index (χ4n) is 0.695. The smallest absolute Gasteiger partial charge is 0.279 e. The topological polar surface area (TPSA) is 17.1 Å². The van der Waals surface area contributed by atoms with E-state index >= 15 is 0 Å². The lowest BCUT2D eigenvalue weighted by Crippen LogP contribution is -2.58. The molecule has 0 N–H and O–H groups in total. The maximum atomic E-state index is 12.1. The summed E-state index contributed by atoms with van der Waals surface area (Å²) < 4.78 is 67.9. The average Bonchev–Trinajstić information content (AvgIpc) is 1.80. The number of rotatable bonds is 2. The van der Waals surface area contributed by atoms with Crippen LogP contribution in [0.15, 0.2) is 0 Å². The molecule has 1 nitrogen and oxygen atoms in total. The lowest BCUT2D eigenvalue weighted by Gasteiger charge is -2.31. The van der Waals surface area contributed by atoms with Crippen LogP contribution in [0.4, 0.5) is 26.3 Å². The fourth-order valence-corrected chi connectivity index (χ4v) is 1.76. The van der Waals surface area contributed by atoms with Gasteiger partial charge in [0.05, 0.1) is 0 Å². The predicted molar refractivity (Wildman–Crippen MR) is 39.2 cm³/mol. The molecule has 0 fully saturated rings. The number of hydrogen-bond donors (Lipinski definition) is 0. The predicted octanol–water partition coefficient (Wildman–Crippen LogP) is 2.98. The summed E-state index contributed by atoms with van der Waals surface area (Å²) in [7, 11) is 0. The Bertz CT molecular complexity index is 219. The second kappa shape index (κ2) is 3.80. The lowest BCUT2D eigenvalue weighted by atomic mass is 10.1. The van der Waals surface area contributed by atoms with Gasteiger partial charge in [-0.3, -0.25) is 4.79 Å². The van der Waals surface area contributed by atoms with Gasteiger partial charge in [-0.1, -0.05) is 0 Å². The molecule has 0 atom stereocenters. The first-order chi connectivity index (χ1) is 6.00. The maximum Gasteiger partial charge on any atom is 0.420 e. The number of alkyl halides is 6. The van der Waals surface area contributed by atoms with E-state index in [1.54, 1.807) is 0 Å². The number of carbonyl (C=O) groups is 1. The standard InChI is InChI=1S/C5H3ClF6OS/c1-14-3(2(6)13,4(7,8)9)5(10,11)12/h1H3. The molecule has 0 saturated carbocycles. The summed E-state index contributed by atoms with van der Waals surface area (Å²) in [6.07, 6.45) is -11.0. The molecule has 0 aliphatic carbocycles. The Hall–Kier alpha value is -0.110. The number of halogens is 7. The first-order valence-electron chi connectivity index (χ1n) is 2.89. The van der Waals surface area contributed by atoms with Gasteiger partial charge in [0, 0.05) is 0 Å². The van der Waals surface area contributed by atoms with Gasteiger partial charge < -0.3 is 0 Å². The molecule has 0 heterocycles. The van der Waals surface area contributed by atoms with E-state index < -0.39 is 34.1 Å². The zero-order valence-corrected chi connectivity index (χ0v) is 8.03. The normalized spacial score (nSPS) is 14.3. The molecule has 0 aliphatic rings. The molecule has 9 heteroatoms. The summed E-state index contributed by atoms with van der Waals surface area (Å²) in [5, 5.41) is -2.50. The quantitative estimate of drug-likeness (QED) is 0.561. The van der Waals surface area contributed by atoms with Crippen molar-refractivity contribution in [3.63, 3.8) is 0 Å². The lowest BCUT2D eigenvalue weighted by molar-refractivity contribution is -0.253. The molecule has 0 spiro atoms. The van der Waals surface area contributed by atoms with Crippen molar-refractivity contribution in [3.8, 4) is 0 Å². The Kier molecular flexibility index (Phi) is 3.77. The number of thioether (sulfide) groups is 1. The van der Waals surface area contributed by atoms with E-state index in [0.29, 0.717) is 6.26 Å². The molecule has 0 unspecified atom stereocenters. The van der Waals surface area contributed by atoms with Crippen molar-refractivity contribution in [2.75, 3.05) is 6.26 Å². The third kappa shape index (κ3) is 1.95. The fraction of sp³-hybridized carbons (Fsp3) is 0.800. The monoisotopic (exact) mass is 260 g/mol. The van der Waals surface area contributed by atoms with Crippen molar-refractivity contribution in [2.24, 2.45) is 0 Å². The van der Waals surface area contributed by atoms with Crippen molar-refractivity contribution in [2.45, 2.75) is 17.1 Å². The van der Waals surface area contributed by atoms with Gasteiger partial charge >= 0.3 is 12.4 Å². The number of carbonyl (C=O) groups excluding carboxylic acids is 1. The Labute approximate surface area is 83.8 Å². The Balaban J connectivity index is 5.58. The van der Waals surface area contributed by atoms with Crippen LogP contribution in [0.5, 0.6) is 0 Å². The van der Waals surface area contributed by atoms with E-state index in [4.69, 9.17) is 0 Å². The largest absolute Gasteiger partial charge is 0.420 e. The van der Waals surface area contributed by atoms with E-state index in [0.717, 1.165) is 0 Å². The SMILES string of the molecule is CSC(C(=O)Cl)(C(F)(F)F)C(F)(F)F. The highest BCUT2D eigenvalue weighted by Gasteiger charge is 2.75. The van der Waals surface area contributed by atoms with Crippen LogP contribution in [-0.4, -0.2) is 28.6 Å². The molecule has 0 amide bonds. The second-order valence-corrected chi connectivity index (χ2v) is 3.52.